The van der Waals surface area contributed by atoms with Crippen molar-refractivity contribution in [1.82, 2.24) is 4.90 Å². The van der Waals surface area contributed by atoms with Crippen LogP contribution in [0.25, 0.3) is 0 Å². The molecule has 0 aromatic heterocycles. The van der Waals surface area contributed by atoms with E-state index in [1.54, 1.807) is 7.05 Å². The van der Waals surface area contributed by atoms with E-state index in [9.17, 15) is 4.79 Å². The van der Waals surface area contributed by atoms with Crippen LogP contribution in [0.5, 0.6) is 5.75 Å². The number of ether oxygens (including phenoxy) is 1. The molecule has 1 aromatic carbocycles. The number of hydrogen-bond donors (Lipinski definition) is 0. The van der Waals surface area contributed by atoms with Gasteiger partial charge in [-0.05, 0) is 42.6 Å². The highest BCUT2D eigenvalue weighted by molar-refractivity contribution is 6.62. The Morgan fingerprint density at radius 2 is 2.00 bits per heavy atom. The van der Waals surface area contributed by atoms with Crippen LogP contribution >= 0.6 is 11.6 Å². The standard InChI is InChI=1S/C12H16ClNO2/c1-3-16-11-6-4-10(5-7-11)8-9-14(2)12(13)15/h4-7H,3,8-9H2,1-2H3. The van der Waals surface area contributed by atoms with E-state index in [0.29, 0.717) is 13.2 Å². The highest BCUT2D eigenvalue weighted by Gasteiger charge is 2.04. The molecule has 0 radical (unpaired) electrons. The number of likely N-dealkylation sites (N-methyl/N-ethyl adjacent to an activating group) is 1. The maximum atomic E-state index is 10.8. The molecule has 1 rings (SSSR count). The number of rotatable bonds is 5. The number of halogens is 1. The van der Waals surface area contributed by atoms with Gasteiger partial charge in [-0.15, -0.1) is 0 Å². The minimum Gasteiger partial charge on any atom is -0.494 e. The average Bonchev–Trinajstić information content (AvgIpc) is 2.28. The van der Waals surface area contributed by atoms with Crippen molar-refractivity contribution in [3.63, 3.8) is 0 Å². The Morgan fingerprint density at radius 1 is 1.38 bits per heavy atom. The van der Waals surface area contributed by atoms with Crippen LogP contribution in [0.2, 0.25) is 0 Å². The molecule has 16 heavy (non-hydrogen) atoms. The summed E-state index contributed by atoms with van der Waals surface area (Å²) in [6, 6.07) is 7.86. The van der Waals surface area contributed by atoms with Gasteiger partial charge in [-0.1, -0.05) is 12.1 Å². The monoisotopic (exact) mass is 241 g/mol. The van der Waals surface area contributed by atoms with Crippen LogP contribution in [-0.4, -0.2) is 30.5 Å². The Balaban J connectivity index is 2.46. The molecule has 0 aliphatic carbocycles. The molecule has 0 fully saturated rings. The summed E-state index contributed by atoms with van der Waals surface area (Å²) in [6.45, 7) is 3.24. The molecule has 0 atom stereocenters. The molecule has 0 saturated carbocycles. The molecule has 4 heteroatoms. The molecule has 0 aliphatic heterocycles. The summed E-state index contributed by atoms with van der Waals surface area (Å²) < 4.78 is 5.34. The zero-order valence-electron chi connectivity index (χ0n) is 9.57. The van der Waals surface area contributed by atoms with Gasteiger partial charge < -0.3 is 9.64 Å². The van der Waals surface area contributed by atoms with Crippen molar-refractivity contribution >= 4 is 17.0 Å². The average molecular weight is 242 g/mol. The predicted molar refractivity (Wildman–Crippen MR) is 65.2 cm³/mol. The minimum absolute atomic E-state index is 0.425. The van der Waals surface area contributed by atoms with Gasteiger partial charge in [0.05, 0.1) is 6.61 Å². The molecular weight excluding hydrogens is 226 g/mol. The number of carbonyl (C=O) groups is 1. The predicted octanol–water partition coefficient (Wildman–Crippen LogP) is 2.92. The number of nitrogens with zero attached hydrogens (tertiary/aromatic N) is 1. The molecule has 0 aliphatic rings. The molecule has 0 N–H and O–H groups in total. The summed E-state index contributed by atoms with van der Waals surface area (Å²) in [4.78, 5) is 12.3. The molecule has 0 unspecified atom stereocenters. The maximum Gasteiger partial charge on any atom is 0.316 e. The van der Waals surface area contributed by atoms with E-state index >= 15 is 0 Å². The lowest BCUT2D eigenvalue weighted by Crippen LogP contribution is -2.23. The molecule has 88 valence electrons. The fraction of sp³-hybridized carbons (Fsp3) is 0.417. The Morgan fingerprint density at radius 3 is 2.50 bits per heavy atom. The minimum atomic E-state index is -0.425. The van der Waals surface area contributed by atoms with Crippen molar-refractivity contribution < 1.29 is 9.53 Å². The topological polar surface area (TPSA) is 29.5 Å². The summed E-state index contributed by atoms with van der Waals surface area (Å²) in [6.07, 6.45) is 0.793. The summed E-state index contributed by atoms with van der Waals surface area (Å²) in [7, 11) is 1.68. The maximum absolute atomic E-state index is 10.8. The number of amides is 1. The van der Waals surface area contributed by atoms with E-state index in [2.05, 4.69) is 0 Å². The molecule has 0 bridgehead atoms. The lowest BCUT2D eigenvalue weighted by atomic mass is 10.1. The second-order valence-corrected chi connectivity index (χ2v) is 3.82. The van der Waals surface area contributed by atoms with Crippen LogP contribution in [0.4, 0.5) is 4.79 Å². The van der Waals surface area contributed by atoms with Crippen molar-refractivity contribution in [2.24, 2.45) is 0 Å². The fourth-order valence-electron chi connectivity index (χ4n) is 1.30. The Bertz CT molecular complexity index is 337. The molecule has 1 aromatic rings. The van der Waals surface area contributed by atoms with Crippen LogP contribution < -0.4 is 4.74 Å². The SMILES string of the molecule is CCOc1ccc(CCN(C)C(=O)Cl)cc1. The van der Waals surface area contributed by atoms with E-state index in [1.807, 2.05) is 31.2 Å². The lowest BCUT2D eigenvalue weighted by molar-refractivity contribution is 0.232. The van der Waals surface area contributed by atoms with Gasteiger partial charge in [0.15, 0.2) is 0 Å². The number of benzene rings is 1. The molecular formula is C12H16ClNO2. The van der Waals surface area contributed by atoms with Gasteiger partial charge >= 0.3 is 5.37 Å². The molecule has 0 heterocycles. The quantitative estimate of drug-likeness (QED) is 0.586. The first kappa shape index (κ1) is 12.8. The smallest absolute Gasteiger partial charge is 0.316 e. The Kier molecular flexibility index (Phi) is 5.12. The van der Waals surface area contributed by atoms with Crippen LogP contribution in [0.1, 0.15) is 12.5 Å². The number of carbonyl (C=O) groups excluding carboxylic acids is 1. The lowest BCUT2D eigenvalue weighted by Gasteiger charge is -2.13. The molecule has 3 nitrogen and oxygen atoms in total. The summed E-state index contributed by atoms with van der Waals surface area (Å²) in [5, 5.41) is -0.425. The fourth-order valence-corrected chi connectivity index (χ4v) is 1.39. The first-order chi connectivity index (χ1) is 7.63. The highest BCUT2D eigenvalue weighted by Crippen LogP contribution is 2.12. The van der Waals surface area contributed by atoms with E-state index in [1.165, 1.54) is 4.90 Å². The van der Waals surface area contributed by atoms with E-state index in [-0.39, 0.29) is 0 Å². The van der Waals surface area contributed by atoms with Crippen molar-refractivity contribution in [2.75, 3.05) is 20.2 Å². The van der Waals surface area contributed by atoms with Crippen molar-refractivity contribution in [3.8, 4) is 5.75 Å². The zero-order valence-corrected chi connectivity index (χ0v) is 10.3. The van der Waals surface area contributed by atoms with Gasteiger partial charge in [-0.25, -0.2) is 0 Å². The first-order valence-corrected chi connectivity index (χ1v) is 5.63. The molecule has 0 saturated heterocycles. The van der Waals surface area contributed by atoms with Crippen molar-refractivity contribution in [2.45, 2.75) is 13.3 Å². The van der Waals surface area contributed by atoms with Crippen LogP contribution in [0.15, 0.2) is 24.3 Å². The Hall–Kier alpha value is -1.22. The van der Waals surface area contributed by atoms with Crippen molar-refractivity contribution in [3.05, 3.63) is 29.8 Å². The van der Waals surface area contributed by atoms with E-state index in [0.717, 1.165) is 17.7 Å². The Labute approximate surface area is 101 Å². The normalized spacial score (nSPS) is 9.94. The number of hydrogen-bond acceptors (Lipinski definition) is 2. The van der Waals surface area contributed by atoms with Crippen molar-refractivity contribution in [1.29, 1.82) is 0 Å². The van der Waals surface area contributed by atoms with Gasteiger partial charge in [0.25, 0.3) is 0 Å². The van der Waals surface area contributed by atoms with Gasteiger partial charge in [0.2, 0.25) is 0 Å². The third-order valence-electron chi connectivity index (χ3n) is 2.27. The van der Waals surface area contributed by atoms with Crippen LogP contribution in [0.3, 0.4) is 0 Å². The van der Waals surface area contributed by atoms with Gasteiger partial charge in [0.1, 0.15) is 5.75 Å². The first-order valence-electron chi connectivity index (χ1n) is 5.25. The second kappa shape index (κ2) is 6.38. The third kappa shape index (κ3) is 4.11. The molecule has 0 spiro atoms. The summed E-state index contributed by atoms with van der Waals surface area (Å²) in [5.41, 5.74) is 1.16. The van der Waals surface area contributed by atoms with E-state index in [4.69, 9.17) is 16.3 Å². The highest BCUT2D eigenvalue weighted by atomic mass is 35.5. The van der Waals surface area contributed by atoms with Gasteiger partial charge in [-0.3, -0.25) is 4.79 Å². The third-order valence-corrected chi connectivity index (χ3v) is 2.56. The summed E-state index contributed by atoms with van der Waals surface area (Å²) in [5.74, 6) is 0.869. The van der Waals surface area contributed by atoms with Crippen LogP contribution in [0, 0.1) is 0 Å². The second-order valence-electron chi connectivity index (χ2n) is 3.50. The van der Waals surface area contributed by atoms with E-state index < -0.39 is 5.37 Å². The van der Waals surface area contributed by atoms with Crippen LogP contribution in [-0.2, 0) is 6.42 Å². The van der Waals surface area contributed by atoms with Gasteiger partial charge in [0, 0.05) is 13.6 Å². The van der Waals surface area contributed by atoms with Gasteiger partial charge in [-0.2, -0.15) is 0 Å². The zero-order chi connectivity index (χ0) is 12.0. The molecule has 1 amide bonds. The summed E-state index contributed by atoms with van der Waals surface area (Å²) >= 11 is 5.33. The largest absolute Gasteiger partial charge is 0.494 e.